The lowest BCUT2D eigenvalue weighted by Crippen LogP contribution is -1.99. The number of phenolic OH excluding ortho intramolecular Hbond substituents is 3. The number of aryl methyl sites for hydroxylation is 2. The summed E-state index contributed by atoms with van der Waals surface area (Å²) in [6.07, 6.45) is 0. The number of aromatic hydroxyl groups is 3. The number of nitro groups is 3. The summed E-state index contributed by atoms with van der Waals surface area (Å²) in [7, 11) is 0. The van der Waals surface area contributed by atoms with Crippen molar-refractivity contribution in [2.45, 2.75) is 28.2 Å². The number of hydrogen-bond donors (Lipinski definition) is 3. The van der Waals surface area contributed by atoms with Crippen molar-refractivity contribution in [1.82, 2.24) is 0 Å². The Morgan fingerprint density at radius 1 is 0.676 bits per heavy atom. The second-order valence-electron chi connectivity index (χ2n) is 6.99. The molecule has 0 amide bonds. The van der Waals surface area contributed by atoms with E-state index in [2.05, 4.69) is 0 Å². The molecular formula is C22H22F3N3O9. The van der Waals surface area contributed by atoms with E-state index in [1.54, 1.807) is 6.92 Å². The van der Waals surface area contributed by atoms with Gasteiger partial charge in [0.2, 0.25) is 0 Å². The van der Waals surface area contributed by atoms with Crippen molar-refractivity contribution in [3.05, 3.63) is 101 Å². The highest BCUT2D eigenvalue weighted by Gasteiger charge is 2.30. The Kier molecular flexibility index (Phi) is 11.5. The smallest absolute Gasteiger partial charge is 0.323 e. The summed E-state index contributed by atoms with van der Waals surface area (Å²) in [5.41, 5.74) is -2.42. The normalized spacial score (nSPS) is 9.57. The van der Waals surface area contributed by atoms with Crippen molar-refractivity contribution in [2.24, 2.45) is 0 Å². The Balaban J connectivity index is 0.000000534. The van der Waals surface area contributed by atoms with Crippen molar-refractivity contribution in [3.63, 3.8) is 0 Å². The van der Waals surface area contributed by atoms with Gasteiger partial charge in [-0.3, -0.25) is 30.3 Å². The van der Waals surface area contributed by atoms with E-state index in [1.165, 1.54) is 25.1 Å². The van der Waals surface area contributed by atoms with Gasteiger partial charge in [-0.2, -0.15) is 0 Å². The molecule has 12 nitrogen and oxygen atoms in total. The van der Waals surface area contributed by atoms with E-state index < -0.39 is 60.5 Å². The van der Waals surface area contributed by atoms with Crippen LogP contribution in [0.25, 0.3) is 0 Å². The predicted octanol–water partition coefficient (Wildman–Crippen LogP) is 5.88. The third kappa shape index (κ3) is 8.34. The van der Waals surface area contributed by atoms with Crippen molar-refractivity contribution < 1.29 is 43.3 Å². The van der Waals surface area contributed by atoms with E-state index in [4.69, 9.17) is 10.2 Å². The summed E-state index contributed by atoms with van der Waals surface area (Å²) in [5, 5.41) is 57.8. The van der Waals surface area contributed by atoms with Crippen LogP contribution in [0, 0.1) is 68.6 Å². The standard InChI is InChI=1S/C7H5FN2O5.C7H6FNO3.C7H7FO.CH4/c1-3-4(8)2-5(9(12)13)7(11)6(3)10(14)15;1-4-2-7(10)6(9(11)12)3-5(4)8;1-5-4-6(9)2-3-7(5)8;/h2,11H,1H3;2-3,10H,1H3;2-4,9H,1H3;1H4. The number of phenols is 3. The van der Waals surface area contributed by atoms with Crippen LogP contribution >= 0.6 is 0 Å². The summed E-state index contributed by atoms with van der Waals surface area (Å²) >= 11 is 0. The van der Waals surface area contributed by atoms with Crippen molar-refractivity contribution in [2.75, 3.05) is 0 Å². The van der Waals surface area contributed by atoms with Gasteiger partial charge in [0, 0.05) is 0 Å². The first-order valence-corrected chi connectivity index (χ1v) is 9.47. The van der Waals surface area contributed by atoms with Crippen LogP contribution in [-0.2, 0) is 0 Å². The van der Waals surface area contributed by atoms with E-state index >= 15 is 0 Å². The van der Waals surface area contributed by atoms with Gasteiger partial charge in [0.05, 0.1) is 32.5 Å². The molecule has 0 unspecified atom stereocenters. The first-order valence-electron chi connectivity index (χ1n) is 9.47. The number of hydrogen-bond acceptors (Lipinski definition) is 9. The third-order valence-corrected chi connectivity index (χ3v) is 4.42. The van der Waals surface area contributed by atoms with Gasteiger partial charge in [-0.25, -0.2) is 13.2 Å². The lowest BCUT2D eigenvalue weighted by molar-refractivity contribution is -0.396. The monoisotopic (exact) mass is 529 g/mol. The third-order valence-electron chi connectivity index (χ3n) is 4.42. The van der Waals surface area contributed by atoms with Gasteiger partial charge >= 0.3 is 17.1 Å². The molecule has 0 atom stereocenters. The highest BCUT2D eigenvalue weighted by Crippen LogP contribution is 2.39. The minimum absolute atomic E-state index is 0. The quantitative estimate of drug-likeness (QED) is 0.275. The zero-order valence-corrected chi connectivity index (χ0v) is 18.7. The summed E-state index contributed by atoms with van der Waals surface area (Å²) in [6, 6.07) is 6.11. The SMILES string of the molecule is C.Cc1c(F)cc([N+](=O)[O-])c(O)c1[N+](=O)[O-].Cc1cc(O)c([N+](=O)[O-])cc1F.Cc1cc(O)ccc1F. The van der Waals surface area contributed by atoms with Gasteiger partial charge in [-0.15, -0.1) is 0 Å². The minimum Gasteiger partial charge on any atom is -0.508 e. The summed E-state index contributed by atoms with van der Waals surface area (Å²) in [6.45, 7) is 4.07. The fraction of sp³-hybridized carbons (Fsp3) is 0.182. The zero-order chi connectivity index (χ0) is 27.9. The fourth-order valence-electron chi connectivity index (χ4n) is 2.50. The molecule has 0 spiro atoms. The van der Waals surface area contributed by atoms with E-state index in [1.807, 2.05) is 0 Å². The van der Waals surface area contributed by atoms with Crippen LogP contribution in [0.2, 0.25) is 0 Å². The maximum Gasteiger partial charge on any atom is 0.323 e. The zero-order valence-electron chi connectivity index (χ0n) is 18.7. The highest BCUT2D eigenvalue weighted by molar-refractivity contribution is 5.63. The average Bonchev–Trinajstić information content (AvgIpc) is 2.76. The van der Waals surface area contributed by atoms with Crippen LogP contribution in [0.1, 0.15) is 24.1 Å². The van der Waals surface area contributed by atoms with Crippen LogP contribution < -0.4 is 0 Å². The number of benzene rings is 3. The van der Waals surface area contributed by atoms with Crippen LogP contribution in [0.3, 0.4) is 0 Å². The van der Waals surface area contributed by atoms with Crippen LogP contribution in [-0.4, -0.2) is 30.1 Å². The average molecular weight is 529 g/mol. The van der Waals surface area contributed by atoms with Gasteiger partial charge in [0.25, 0.3) is 5.75 Å². The molecule has 0 saturated heterocycles. The topological polar surface area (TPSA) is 190 Å². The van der Waals surface area contributed by atoms with Gasteiger partial charge in [-0.1, -0.05) is 7.43 Å². The molecule has 3 aromatic carbocycles. The second-order valence-corrected chi connectivity index (χ2v) is 6.99. The molecule has 0 fully saturated rings. The van der Waals surface area contributed by atoms with Crippen LogP contribution in [0.4, 0.5) is 30.2 Å². The number of nitrogens with zero attached hydrogens (tertiary/aromatic N) is 3. The number of rotatable bonds is 3. The molecule has 0 aliphatic carbocycles. The number of halogens is 3. The molecule has 200 valence electrons. The van der Waals surface area contributed by atoms with Crippen molar-refractivity contribution in [1.29, 1.82) is 0 Å². The molecule has 0 aromatic heterocycles. The van der Waals surface area contributed by atoms with E-state index in [0.717, 1.165) is 13.0 Å². The Bertz CT molecular complexity index is 1330. The second kappa shape index (κ2) is 13.2. The molecule has 0 heterocycles. The first kappa shape index (κ1) is 32.0. The maximum absolute atomic E-state index is 13.0. The summed E-state index contributed by atoms with van der Waals surface area (Å²) in [4.78, 5) is 27.9. The largest absolute Gasteiger partial charge is 0.508 e. The Labute approximate surface area is 207 Å². The summed E-state index contributed by atoms with van der Waals surface area (Å²) in [5.74, 6) is -3.63. The van der Waals surface area contributed by atoms with Crippen LogP contribution in [0.5, 0.6) is 17.2 Å². The van der Waals surface area contributed by atoms with Gasteiger partial charge in [0.15, 0.2) is 5.75 Å². The molecule has 0 bridgehead atoms. The van der Waals surface area contributed by atoms with E-state index in [-0.39, 0.29) is 24.6 Å². The fourth-order valence-corrected chi connectivity index (χ4v) is 2.50. The number of nitro benzene ring substituents is 3. The molecule has 3 N–H and O–H groups in total. The van der Waals surface area contributed by atoms with E-state index in [9.17, 15) is 48.6 Å². The predicted molar refractivity (Wildman–Crippen MR) is 125 cm³/mol. The molecule has 0 aliphatic rings. The van der Waals surface area contributed by atoms with Crippen molar-refractivity contribution in [3.8, 4) is 17.2 Å². The van der Waals surface area contributed by atoms with E-state index in [0.29, 0.717) is 17.7 Å². The Hall–Kier alpha value is -4.95. The molecule has 3 aromatic rings. The first-order chi connectivity index (χ1) is 16.6. The lowest BCUT2D eigenvalue weighted by Gasteiger charge is -2.01. The lowest BCUT2D eigenvalue weighted by atomic mass is 10.1. The molecule has 15 heteroatoms. The Morgan fingerprint density at radius 2 is 1.16 bits per heavy atom. The molecule has 37 heavy (non-hydrogen) atoms. The molecule has 0 saturated carbocycles. The van der Waals surface area contributed by atoms with Crippen molar-refractivity contribution >= 4 is 17.1 Å². The summed E-state index contributed by atoms with van der Waals surface area (Å²) < 4.78 is 38.1. The molecule has 0 radical (unpaired) electrons. The molecular weight excluding hydrogens is 507 g/mol. The van der Waals surface area contributed by atoms with Crippen LogP contribution in [0.15, 0.2) is 36.4 Å². The molecule has 0 aliphatic heterocycles. The minimum atomic E-state index is -1.14. The maximum atomic E-state index is 13.0. The Morgan fingerprint density at radius 3 is 1.59 bits per heavy atom. The van der Waals surface area contributed by atoms with Gasteiger partial charge in [0.1, 0.15) is 23.2 Å². The highest BCUT2D eigenvalue weighted by atomic mass is 19.1. The van der Waals surface area contributed by atoms with Gasteiger partial charge < -0.3 is 15.3 Å². The molecule has 3 rings (SSSR count). The van der Waals surface area contributed by atoms with Gasteiger partial charge in [-0.05, 0) is 56.2 Å².